The SMILES string of the molecule is CC[C@H]1O[C@@H](n2cnc3c(NC(=O)c4ccccc4)ncnc32)[C@H](O)[C@@H]1O. The van der Waals surface area contributed by atoms with E-state index in [1.807, 2.05) is 13.0 Å². The predicted octanol–water partition coefficient (Wildman–Crippen LogP) is 1.11. The fraction of sp³-hybridized carbons (Fsp3) is 0.333. The van der Waals surface area contributed by atoms with Crippen molar-refractivity contribution in [1.82, 2.24) is 19.5 Å². The fourth-order valence-corrected chi connectivity index (χ4v) is 3.20. The summed E-state index contributed by atoms with van der Waals surface area (Å²) in [5, 5.41) is 23.1. The Hall–Kier alpha value is -2.88. The van der Waals surface area contributed by atoms with Crippen LogP contribution in [0, 0.1) is 0 Å². The number of hydrogen-bond donors (Lipinski definition) is 3. The molecule has 9 nitrogen and oxygen atoms in total. The summed E-state index contributed by atoms with van der Waals surface area (Å²) >= 11 is 0. The smallest absolute Gasteiger partial charge is 0.256 e. The number of benzene rings is 1. The van der Waals surface area contributed by atoms with Gasteiger partial charge in [-0.2, -0.15) is 0 Å². The van der Waals surface area contributed by atoms with Crippen molar-refractivity contribution >= 4 is 22.9 Å². The summed E-state index contributed by atoms with van der Waals surface area (Å²) in [6.45, 7) is 1.87. The van der Waals surface area contributed by atoms with Crippen molar-refractivity contribution in [3.05, 3.63) is 48.5 Å². The first-order valence-electron chi connectivity index (χ1n) is 8.65. The van der Waals surface area contributed by atoms with E-state index in [-0.39, 0.29) is 11.7 Å². The molecule has 0 unspecified atom stereocenters. The number of aliphatic hydroxyl groups excluding tert-OH is 2. The van der Waals surface area contributed by atoms with Gasteiger partial charge < -0.3 is 20.3 Å². The molecule has 0 aliphatic carbocycles. The van der Waals surface area contributed by atoms with Crippen LogP contribution < -0.4 is 5.32 Å². The van der Waals surface area contributed by atoms with Crippen molar-refractivity contribution in [2.45, 2.75) is 37.9 Å². The van der Waals surface area contributed by atoms with E-state index in [4.69, 9.17) is 4.74 Å². The van der Waals surface area contributed by atoms with Gasteiger partial charge in [-0.3, -0.25) is 9.36 Å². The van der Waals surface area contributed by atoms with Gasteiger partial charge in [-0.05, 0) is 18.6 Å². The van der Waals surface area contributed by atoms with Gasteiger partial charge in [0.25, 0.3) is 5.91 Å². The van der Waals surface area contributed by atoms with Crippen LogP contribution in [-0.4, -0.2) is 54.0 Å². The molecule has 0 saturated carbocycles. The van der Waals surface area contributed by atoms with Crippen LogP contribution in [0.25, 0.3) is 11.2 Å². The standard InChI is InChI=1S/C18H19N5O4/c1-2-11-13(24)14(25)18(27-11)23-9-21-12-15(19-8-20-16(12)23)22-17(26)10-6-4-3-5-7-10/h3-9,11,13-14,18,24-25H,2H2,1H3,(H,19,20,22,26)/t11-,13-,14-,18-/m1/s1. The molecule has 3 N–H and O–H groups in total. The van der Waals surface area contributed by atoms with Crippen molar-refractivity contribution in [3.8, 4) is 0 Å². The van der Waals surface area contributed by atoms with E-state index >= 15 is 0 Å². The third kappa shape index (κ3) is 3.05. The average Bonchev–Trinajstić information content (AvgIpc) is 3.25. The summed E-state index contributed by atoms with van der Waals surface area (Å²) in [6, 6.07) is 8.76. The Balaban J connectivity index is 1.65. The molecule has 1 saturated heterocycles. The summed E-state index contributed by atoms with van der Waals surface area (Å²) in [5.74, 6) is -0.0588. The molecule has 0 bridgehead atoms. The molecule has 1 aliphatic rings. The number of aromatic nitrogens is 4. The van der Waals surface area contributed by atoms with E-state index in [9.17, 15) is 15.0 Å². The first-order chi connectivity index (χ1) is 13.1. The number of imidazole rings is 1. The third-order valence-electron chi connectivity index (χ3n) is 4.64. The largest absolute Gasteiger partial charge is 0.388 e. The van der Waals surface area contributed by atoms with Gasteiger partial charge in [-0.1, -0.05) is 25.1 Å². The number of carbonyl (C=O) groups is 1. The van der Waals surface area contributed by atoms with Crippen LogP contribution >= 0.6 is 0 Å². The van der Waals surface area contributed by atoms with Gasteiger partial charge in [0.15, 0.2) is 23.2 Å². The van der Waals surface area contributed by atoms with Crippen molar-refractivity contribution in [2.24, 2.45) is 0 Å². The zero-order chi connectivity index (χ0) is 19.0. The Bertz CT molecular complexity index is 961. The summed E-state index contributed by atoms with van der Waals surface area (Å²) in [7, 11) is 0. The highest BCUT2D eigenvalue weighted by molar-refractivity contribution is 6.06. The molecule has 0 spiro atoms. The maximum absolute atomic E-state index is 12.4. The van der Waals surface area contributed by atoms with E-state index in [0.717, 1.165) is 0 Å². The van der Waals surface area contributed by atoms with E-state index < -0.39 is 24.5 Å². The second-order valence-electron chi connectivity index (χ2n) is 6.32. The van der Waals surface area contributed by atoms with E-state index in [0.29, 0.717) is 23.1 Å². The van der Waals surface area contributed by atoms with Gasteiger partial charge in [0.2, 0.25) is 0 Å². The van der Waals surface area contributed by atoms with E-state index in [2.05, 4.69) is 20.3 Å². The van der Waals surface area contributed by atoms with Crippen LogP contribution in [0.15, 0.2) is 43.0 Å². The van der Waals surface area contributed by atoms with Crippen molar-refractivity contribution in [2.75, 3.05) is 5.32 Å². The second-order valence-corrected chi connectivity index (χ2v) is 6.32. The van der Waals surface area contributed by atoms with Gasteiger partial charge in [-0.25, -0.2) is 15.0 Å². The number of nitrogens with zero attached hydrogens (tertiary/aromatic N) is 4. The molecule has 1 aromatic carbocycles. The highest BCUT2D eigenvalue weighted by atomic mass is 16.6. The zero-order valence-corrected chi connectivity index (χ0v) is 14.6. The Morgan fingerprint density at radius 3 is 2.67 bits per heavy atom. The van der Waals surface area contributed by atoms with Crippen LogP contribution in [0.5, 0.6) is 0 Å². The number of amides is 1. The average molecular weight is 369 g/mol. The second kappa shape index (κ2) is 7.03. The molecule has 2 aromatic heterocycles. The lowest BCUT2D eigenvalue weighted by molar-refractivity contribution is -0.0355. The van der Waals surface area contributed by atoms with E-state index in [1.165, 1.54) is 12.7 Å². The highest BCUT2D eigenvalue weighted by Gasteiger charge is 2.43. The van der Waals surface area contributed by atoms with Gasteiger partial charge in [0.1, 0.15) is 18.5 Å². The molecule has 4 atom stereocenters. The lowest BCUT2D eigenvalue weighted by atomic mass is 10.1. The quantitative estimate of drug-likeness (QED) is 0.629. The normalized spacial score (nSPS) is 25.0. The topological polar surface area (TPSA) is 122 Å². The van der Waals surface area contributed by atoms with Crippen molar-refractivity contribution in [3.63, 3.8) is 0 Å². The van der Waals surface area contributed by atoms with Crippen LogP contribution in [0.3, 0.4) is 0 Å². The van der Waals surface area contributed by atoms with Gasteiger partial charge in [0.05, 0.1) is 12.4 Å². The Labute approximate surface area is 154 Å². The van der Waals surface area contributed by atoms with Crippen LogP contribution in [0.4, 0.5) is 5.82 Å². The maximum Gasteiger partial charge on any atom is 0.256 e. The predicted molar refractivity (Wildman–Crippen MR) is 95.9 cm³/mol. The number of fused-ring (bicyclic) bond motifs is 1. The number of aliphatic hydroxyl groups is 2. The fourth-order valence-electron chi connectivity index (χ4n) is 3.20. The molecular formula is C18H19N5O4. The molecular weight excluding hydrogens is 350 g/mol. The summed E-state index contributed by atoms with van der Waals surface area (Å²) in [6.07, 6.45) is -0.0635. The minimum Gasteiger partial charge on any atom is -0.388 e. The number of ether oxygens (including phenoxy) is 1. The Kier molecular flexibility index (Phi) is 4.56. The van der Waals surface area contributed by atoms with E-state index in [1.54, 1.807) is 28.8 Å². The van der Waals surface area contributed by atoms with Gasteiger partial charge >= 0.3 is 0 Å². The molecule has 140 valence electrons. The molecule has 1 amide bonds. The summed E-state index contributed by atoms with van der Waals surface area (Å²) in [4.78, 5) is 25.0. The molecule has 9 heteroatoms. The number of anilines is 1. The summed E-state index contributed by atoms with van der Waals surface area (Å²) in [5.41, 5.74) is 1.25. The monoisotopic (exact) mass is 369 g/mol. The number of hydrogen-bond acceptors (Lipinski definition) is 7. The van der Waals surface area contributed by atoms with Crippen LogP contribution in [-0.2, 0) is 4.74 Å². The highest BCUT2D eigenvalue weighted by Crippen LogP contribution is 2.33. The van der Waals surface area contributed by atoms with Crippen LogP contribution in [0.1, 0.15) is 29.9 Å². The lowest BCUT2D eigenvalue weighted by Crippen LogP contribution is -2.31. The van der Waals surface area contributed by atoms with Crippen molar-refractivity contribution < 1.29 is 19.7 Å². The molecule has 3 heterocycles. The molecule has 1 fully saturated rings. The Morgan fingerprint density at radius 1 is 1.19 bits per heavy atom. The first kappa shape index (κ1) is 17.5. The zero-order valence-electron chi connectivity index (χ0n) is 14.6. The lowest BCUT2D eigenvalue weighted by Gasteiger charge is -2.16. The minimum atomic E-state index is -1.11. The number of carbonyl (C=O) groups excluding carboxylic acids is 1. The van der Waals surface area contributed by atoms with Gasteiger partial charge in [-0.15, -0.1) is 0 Å². The first-order valence-corrected chi connectivity index (χ1v) is 8.65. The Morgan fingerprint density at radius 2 is 1.96 bits per heavy atom. The molecule has 27 heavy (non-hydrogen) atoms. The molecule has 1 aliphatic heterocycles. The molecule has 3 aromatic rings. The van der Waals surface area contributed by atoms with Gasteiger partial charge in [0, 0.05) is 5.56 Å². The number of nitrogens with one attached hydrogen (secondary N) is 1. The molecule has 0 radical (unpaired) electrons. The van der Waals surface area contributed by atoms with Crippen molar-refractivity contribution in [1.29, 1.82) is 0 Å². The molecule has 4 rings (SSSR count). The minimum absolute atomic E-state index is 0.257. The number of rotatable bonds is 4. The third-order valence-corrected chi connectivity index (χ3v) is 4.64. The maximum atomic E-state index is 12.4. The summed E-state index contributed by atoms with van der Waals surface area (Å²) < 4.78 is 7.29. The van der Waals surface area contributed by atoms with Crippen LogP contribution in [0.2, 0.25) is 0 Å².